The molecule has 2 aromatic rings. The number of nitrogens with one attached hydrogen (secondary N) is 1. The van der Waals surface area contributed by atoms with E-state index in [0.717, 1.165) is 5.56 Å². The van der Waals surface area contributed by atoms with Crippen LogP contribution in [0.5, 0.6) is 0 Å². The summed E-state index contributed by atoms with van der Waals surface area (Å²) in [5, 5.41) is 0. The number of ether oxygens (including phenoxy) is 2. The lowest BCUT2D eigenvalue weighted by atomic mass is 9.75. The molecule has 2 unspecified atom stereocenters. The number of sulfonamides is 1. The van der Waals surface area contributed by atoms with Crippen molar-refractivity contribution in [1.29, 1.82) is 0 Å². The summed E-state index contributed by atoms with van der Waals surface area (Å²) in [7, 11) is -1.44. The Bertz CT molecular complexity index is 1250. The fourth-order valence-electron chi connectivity index (χ4n) is 3.96. The smallest absolute Gasteiger partial charge is 0.336 e. The van der Waals surface area contributed by atoms with E-state index >= 15 is 0 Å². The van der Waals surface area contributed by atoms with E-state index in [1.54, 1.807) is 50.2 Å². The molecule has 9 heteroatoms. The van der Waals surface area contributed by atoms with Crippen LogP contribution in [0.15, 0.2) is 69.7 Å². The number of rotatable bonds is 6. The van der Waals surface area contributed by atoms with Crippen molar-refractivity contribution in [3.05, 3.63) is 70.9 Å². The summed E-state index contributed by atoms with van der Waals surface area (Å²) < 4.78 is 38.8. The van der Waals surface area contributed by atoms with Gasteiger partial charge in [-0.25, -0.2) is 13.2 Å². The maximum absolute atomic E-state index is 13.1. The van der Waals surface area contributed by atoms with Crippen molar-refractivity contribution in [3.63, 3.8) is 0 Å². The van der Waals surface area contributed by atoms with Gasteiger partial charge in [0.2, 0.25) is 0 Å². The maximum atomic E-state index is 13.1. The average Bonchev–Trinajstić information content (AvgIpc) is 2.78. The normalized spacial score (nSPS) is 18.4. The summed E-state index contributed by atoms with van der Waals surface area (Å²) in [6.07, 6.45) is 0. The molecule has 1 aliphatic rings. The lowest BCUT2D eigenvalue weighted by Crippen LogP contribution is -2.36. The van der Waals surface area contributed by atoms with Crippen LogP contribution in [0.25, 0.3) is 0 Å². The highest BCUT2D eigenvalue weighted by Gasteiger charge is 2.43. The van der Waals surface area contributed by atoms with Gasteiger partial charge in [0.25, 0.3) is 10.0 Å². The van der Waals surface area contributed by atoms with E-state index in [9.17, 15) is 18.0 Å². The van der Waals surface area contributed by atoms with Gasteiger partial charge in [0, 0.05) is 17.3 Å². The van der Waals surface area contributed by atoms with E-state index in [1.165, 1.54) is 26.4 Å². The van der Waals surface area contributed by atoms with Crippen molar-refractivity contribution in [3.8, 4) is 0 Å². The number of carbonyl (C=O) groups is 2. The summed E-state index contributed by atoms with van der Waals surface area (Å²) in [6, 6.07) is 13.1. The number of para-hydroxylation sites is 1. The van der Waals surface area contributed by atoms with Gasteiger partial charge in [-0.15, -0.1) is 0 Å². The van der Waals surface area contributed by atoms with E-state index in [0.29, 0.717) is 17.0 Å². The molecule has 0 spiro atoms. The van der Waals surface area contributed by atoms with E-state index in [4.69, 9.17) is 9.47 Å². The van der Waals surface area contributed by atoms with Gasteiger partial charge in [-0.1, -0.05) is 35.9 Å². The Morgan fingerprint density at radius 1 is 0.939 bits per heavy atom. The van der Waals surface area contributed by atoms with E-state index < -0.39 is 33.8 Å². The van der Waals surface area contributed by atoms with E-state index in [2.05, 4.69) is 9.71 Å². The van der Waals surface area contributed by atoms with Gasteiger partial charge in [-0.2, -0.15) is 0 Å². The molecule has 0 radical (unpaired) electrons. The third-order valence-electron chi connectivity index (χ3n) is 5.56. The number of aryl methyl sites for hydroxylation is 1. The van der Waals surface area contributed by atoms with Gasteiger partial charge in [0.15, 0.2) is 0 Å². The second kappa shape index (κ2) is 9.58. The molecule has 1 N–H and O–H groups in total. The third-order valence-corrected chi connectivity index (χ3v) is 6.94. The standard InChI is InChI=1S/C24H26N2O6S/c1-14-10-12-17(13-11-14)33(29,30)26-19-9-7-6-8-18(19)22-20(23(27)31-4)15(2)25-16(3)21(22)24(28)32-5/h6-13,20,22,26H,1-5H3. The summed E-state index contributed by atoms with van der Waals surface area (Å²) in [5.41, 5.74) is 2.60. The first-order chi connectivity index (χ1) is 15.6. The zero-order valence-electron chi connectivity index (χ0n) is 19.1. The SMILES string of the molecule is COC(=O)C1=C(C)N=C(C)C(C(=O)OC)C1c1ccccc1NS(=O)(=O)c1ccc(C)cc1. The Balaban J connectivity index is 2.17. The molecule has 0 saturated carbocycles. The summed E-state index contributed by atoms with van der Waals surface area (Å²) in [6.45, 7) is 5.18. The molecule has 0 aromatic heterocycles. The Morgan fingerprint density at radius 2 is 1.58 bits per heavy atom. The molecule has 3 rings (SSSR count). The molecule has 0 saturated heterocycles. The largest absolute Gasteiger partial charge is 0.468 e. The summed E-state index contributed by atoms with van der Waals surface area (Å²) in [5.74, 6) is -3.04. The first-order valence-electron chi connectivity index (χ1n) is 10.2. The Labute approximate surface area is 193 Å². The number of hydrogen-bond donors (Lipinski definition) is 1. The summed E-state index contributed by atoms with van der Waals surface area (Å²) >= 11 is 0. The molecule has 1 aliphatic heterocycles. The monoisotopic (exact) mass is 470 g/mol. The van der Waals surface area contributed by atoms with E-state index in [-0.39, 0.29) is 16.2 Å². The number of nitrogens with zero attached hydrogens (tertiary/aromatic N) is 1. The fourth-order valence-corrected chi connectivity index (χ4v) is 5.05. The van der Waals surface area contributed by atoms with Gasteiger partial charge >= 0.3 is 11.9 Å². The van der Waals surface area contributed by atoms with Crippen molar-refractivity contribution in [2.75, 3.05) is 18.9 Å². The number of anilines is 1. The molecule has 8 nitrogen and oxygen atoms in total. The van der Waals surface area contributed by atoms with Crippen LogP contribution >= 0.6 is 0 Å². The van der Waals surface area contributed by atoms with E-state index in [1.807, 2.05) is 6.92 Å². The van der Waals surface area contributed by atoms with Crippen LogP contribution in [0.4, 0.5) is 5.69 Å². The maximum Gasteiger partial charge on any atom is 0.336 e. The van der Waals surface area contributed by atoms with Crippen molar-refractivity contribution in [2.45, 2.75) is 31.6 Å². The minimum absolute atomic E-state index is 0.0914. The molecule has 0 aliphatic carbocycles. The fraction of sp³-hybridized carbons (Fsp3) is 0.292. The number of benzene rings is 2. The predicted molar refractivity (Wildman–Crippen MR) is 125 cm³/mol. The third kappa shape index (κ3) is 4.83. The molecule has 33 heavy (non-hydrogen) atoms. The van der Waals surface area contributed by atoms with Gasteiger partial charge in [0.1, 0.15) is 5.92 Å². The van der Waals surface area contributed by atoms with Crippen molar-refractivity contribution in [2.24, 2.45) is 10.9 Å². The second-order valence-corrected chi connectivity index (χ2v) is 9.41. The predicted octanol–water partition coefficient (Wildman–Crippen LogP) is 3.59. The van der Waals surface area contributed by atoms with Crippen molar-refractivity contribution < 1.29 is 27.5 Å². The second-order valence-electron chi connectivity index (χ2n) is 7.73. The highest BCUT2D eigenvalue weighted by molar-refractivity contribution is 7.92. The van der Waals surface area contributed by atoms with Crippen LogP contribution < -0.4 is 4.72 Å². The zero-order valence-corrected chi connectivity index (χ0v) is 19.9. The molecule has 1 heterocycles. The van der Waals surface area contributed by atoms with Crippen LogP contribution in [0.2, 0.25) is 0 Å². The first-order valence-corrected chi connectivity index (χ1v) is 11.7. The number of esters is 2. The van der Waals surface area contributed by atoms with Crippen LogP contribution in [-0.2, 0) is 29.1 Å². The van der Waals surface area contributed by atoms with Gasteiger partial charge in [-0.05, 0) is 44.5 Å². The zero-order chi connectivity index (χ0) is 24.3. The van der Waals surface area contributed by atoms with Gasteiger partial charge < -0.3 is 9.47 Å². The van der Waals surface area contributed by atoms with Crippen molar-refractivity contribution in [1.82, 2.24) is 0 Å². The number of hydrogen-bond acceptors (Lipinski definition) is 7. The number of allylic oxidation sites excluding steroid dienone is 1. The molecular formula is C24H26N2O6S. The Morgan fingerprint density at radius 3 is 2.18 bits per heavy atom. The van der Waals surface area contributed by atoms with Crippen LogP contribution in [0.1, 0.15) is 30.9 Å². The Kier molecular flexibility index (Phi) is 7.02. The summed E-state index contributed by atoms with van der Waals surface area (Å²) in [4.78, 5) is 30.0. The van der Waals surface area contributed by atoms with Crippen molar-refractivity contribution >= 4 is 33.4 Å². The minimum atomic E-state index is -3.93. The molecular weight excluding hydrogens is 444 g/mol. The minimum Gasteiger partial charge on any atom is -0.468 e. The van der Waals surface area contributed by atoms with Crippen LogP contribution in [0, 0.1) is 12.8 Å². The Hall–Kier alpha value is -3.46. The van der Waals surface area contributed by atoms with Crippen LogP contribution in [0.3, 0.4) is 0 Å². The topological polar surface area (TPSA) is 111 Å². The molecule has 2 aromatic carbocycles. The highest BCUT2D eigenvalue weighted by atomic mass is 32.2. The molecule has 0 bridgehead atoms. The van der Waals surface area contributed by atoms with Gasteiger partial charge in [-0.3, -0.25) is 14.5 Å². The quantitative estimate of drug-likeness (QED) is 0.646. The lowest BCUT2D eigenvalue weighted by molar-refractivity contribution is -0.143. The number of carbonyl (C=O) groups excluding carboxylic acids is 2. The molecule has 2 atom stereocenters. The first kappa shape index (κ1) is 24.2. The lowest BCUT2D eigenvalue weighted by Gasteiger charge is -2.32. The molecule has 174 valence electrons. The average molecular weight is 471 g/mol. The number of methoxy groups -OCH3 is 2. The molecule has 0 amide bonds. The highest BCUT2D eigenvalue weighted by Crippen LogP contribution is 2.43. The van der Waals surface area contributed by atoms with Crippen LogP contribution in [-0.4, -0.2) is 40.3 Å². The number of aliphatic imine (C=N–C) groups is 1. The molecule has 0 fully saturated rings. The van der Waals surface area contributed by atoms with Gasteiger partial charge in [0.05, 0.1) is 30.4 Å².